The summed E-state index contributed by atoms with van der Waals surface area (Å²) in [7, 11) is 1.61. The van der Waals surface area contributed by atoms with Gasteiger partial charge < -0.3 is 14.5 Å². The van der Waals surface area contributed by atoms with Crippen molar-refractivity contribution in [2.24, 2.45) is 0 Å². The van der Waals surface area contributed by atoms with Gasteiger partial charge in [-0.15, -0.1) is 0 Å². The number of fused-ring (bicyclic) bond motifs is 2. The highest BCUT2D eigenvalue weighted by molar-refractivity contribution is 6.08. The number of aryl methyl sites for hydroxylation is 2. The maximum absolute atomic E-state index is 13.9. The molecule has 1 aromatic heterocycles. The molecule has 5 heteroatoms. The van der Waals surface area contributed by atoms with E-state index in [0.717, 1.165) is 44.0 Å². The fourth-order valence-corrected chi connectivity index (χ4v) is 4.66. The van der Waals surface area contributed by atoms with Gasteiger partial charge in [-0.1, -0.05) is 48.5 Å². The number of halogens is 1. The summed E-state index contributed by atoms with van der Waals surface area (Å²) >= 11 is 0. The van der Waals surface area contributed by atoms with Crippen molar-refractivity contribution in [1.29, 1.82) is 0 Å². The lowest BCUT2D eigenvalue weighted by Gasteiger charge is -2.14. The lowest BCUT2D eigenvalue weighted by molar-refractivity contribution is -0.111. The Morgan fingerprint density at radius 2 is 1.75 bits per heavy atom. The van der Waals surface area contributed by atoms with Gasteiger partial charge in [0, 0.05) is 33.8 Å². The molecule has 1 N–H and O–H groups in total. The van der Waals surface area contributed by atoms with E-state index >= 15 is 0 Å². The molecule has 0 aliphatic rings. The summed E-state index contributed by atoms with van der Waals surface area (Å²) in [6.45, 7) is 5.48. The number of ether oxygens (including phenoxy) is 1. The summed E-state index contributed by atoms with van der Waals surface area (Å²) in [5, 5.41) is 5.96. The van der Waals surface area contributed by atoms with E-state index in [1.165, 1.54) is 12.1 Å². The molecule has 0 fully saturated rings. The van der Waals surface area contributed by atoms with Crippen LogP contribution < -0.4 is 10.1 Å². The second-order valence-electron chi connectivity index (χ2n) is 8.92. The van der Waals surface area contributed by atoms with Crippen LogP contribution in [0.15, 0.2) is 83.5 Å². The van der Waals surface area contributed by atoms with Crippen LogP contribution in [-0.4, -0.2) is 13.0 Å². The molecule has 0 radical (unpaired) electrons. The van der Waals surface area contributed by atoms with Crippen molar-refractivity contribution >= 4 is 38.9 Å². The molecule has 0 saturated carbocycles. The first kappa shape index (κ1) is 23.4. The minimum absolute atomic E-state index is 0.350. The molecule has 0 atom stereocenters. The quantitative estimate of drug-likeness (QED) is 0.259. The Hall–Kier alpha value is -4.38. The number of carbonyl (C=O) groups excluding carboxylic acids is 1. The first-order valence-corrected chi connectivity index (χ1v) is 11.7. The third-order valence-corrected chi connectivity index (χ3v) is 6.54. The van der Waals surface area contributed by atoms with E-state index < -0.39 is 0 Å². The molecule has 4 nitrogen and oxygen atoms in total. The van der Waals surface area contributed by atoms with Gasteiger partial charge in [-0.25, -0.2) is 4.39 Å². The summed E-state index contributed by atoms with van der Waals surface area (Å²) in [6, 6.07) is 21.1. The minimum atomic E-state index is -0.364. The number of amides is 1. The van der Waals surface area contributed by atoms with Crippen LogP contribution in [-0.2, 0) is 4.79 Å². The van der Waals surface area contributed by atoms with E-state index in [9.17, 15) is 9.18 Å². The molecule has 0 spiro atoms. The highest BCUT2D eigenvalue weighted by Crippen LogP contribution is 2.42. The largest absolute Gasteiger partial charge is 0.496 e. The van der Waals surface area contributed by atoms with Crippen molar-refractivity contribution in [3.63, 3.8) is 0 Å². The molecule has 0 saturated heterocycles. The van der Waals surface area contributed by atoms with Gasteiger partial charge in [0.05, 0.1) is 13.4 Å². The number of anilines is 1. The van der Waals surface area contributed by atoms with E-state index in [1.54, 1.807) is 32.4 Å². The molecule has 0 aliphatic heterocycles. The molecule has 36 heavy (non-hydrogen) atoms. The molecule has 0 bridgehead atoms. The number of furan rings is 1. The predicted octanol–water partition coefficient (Wildman–Crippen LogP) is 8.06. The first-order valence-electron chi connectivity index (χ1n) is 11.7. The number of rotatable bonds is 5. The molecule has 0 unspecified atom stereocenters. The number of hydrogen-bond donors (Lipinski definition) is 1. The summed E-state index contributed by atoms with van der Waals surface area (Å²) in [5.41, 5.74) is 6.07. The van der Waals surface area contributed by atoms with Crippen LogP contribution in [0.2, 0.25) is 0 Å². The third kappa shape index (κ3) is 4.13. The smallest absolute Gasteiger partial charge is 0.248 e. The number of hydrogen-bond acceptors (Lipinski definition) is 3. The van der Waals surface area contributed by atoms with Gasteiger partial charge in [-0.05, 0) is 66.4 Å². The lowest BCUT2D eigenvalue weighted by atomic mass is 9.94. The monoisotopic (exact) mass is 479 g/mol. The van der Waals surface area contributed by atoms with Gasteiger partial charge in [0.25, 0.3) is 0 Å². The molecule has 180 valence electrons. The van der Waals surface area contributed by atoms with Crippen molar-refractivity contribution in [2.75, 3.05) is 12.4 Å². The second kappa shape index (κ2) is 9.34. The molecule has 5 rings (SSSR count). The fraction of sp³-hybridized carbons (Fsp3) is 0.129. The standard InChI is InChI=1S/C31H26FNO3/c1-18-12-13-22(15-28(18)32)33-29(34)14-19(2)25-16-26-27(17-36-31(26)20(3)30(25)35-4)24-11-7-9-21-8-5-6-10-23(21)24/h5-17H,1-4H3,(H,33,34)/b19-14+. The van der Waals surface area contributed by atoms with Crippen molar-refractivity contribution in [3.05, 3.63) is 102 Å². The van der Waals surface area contributed by atoms with E-state index in [2.05, 4.69) is 29.6 Å². The van der Waals surface area contributed by atoms with Gasteiger partial charge in [-0.3, -0.25) is 4.79 Å². The Morgan fingerprint density at radius 3 is 2.53 bits per heavy atom. The van der Waals surface area contributed by atoms with Crippen molar-refractivity contribution in [2.45, 2.75) is 20.8 Å². The Kier molecular flexibility index (Phi) is 6.06. The summed E-state index contributed by atoms with van der Waals surface area (Å²) in [4.78, 5) is 12.8. The highest BCUT2D eigenvalue weighted by Gasteiger charge is 2.19. The number of methoxy groups -OCH3 is 1. The summed E-state index contributed by atoms with van der Waals surface area (Å²) in [5.74, 6) is -0.0709. The zero-order valence-electron chi connectivity index (χ0n) is 20.6. The van der Waals surface area contributed by atoms with Crippen molar-refractivity contribution in [3.8, 4) is 16.9 Å². The van der Waals surface area contributed by atoms with E-state index in [0.29, 0.717) is 22.6 Å². The number of allylic oxidation sites excluding steroid dienone is 1. The molecule has 1 amide bonds. The van der Waals surface area contributed by atoms with Crippen LogP contribution in [0.4, 0.5) is 10.1 Å². The van der Waals surface area contributed by atoms with Gasteiger partial charge in [0.15, 0.2) is 0 Å². The van der Waals surface area contributed by atoms with Crippen LogP contribution in [0.3, 0.4) is 0 Å². The number of benzene rings is 4. The summed E-state index contributed by atoms with van der Waals surface area (Å²) < 4.78 is 25.7. The molecule has 1 heterocycles. The van der Waals surface area contributed by atoms with E-state index in [-0.39, 0.29) is 11.7 Å². The Balaban J connectivity index is 1.59. The Labute approximate surface area is 209 Å². The van der Waals surface area contributed by atoms with E-state index in [1.807, 2.05) is 38.1 Å². The van der Waals surface area contributed by atoms with Crippen LogP contribution in [0.25, 0.3) is 38.4 Å². The topological polar surface area (TPSA) is 51.5 Å². The molecule has 5 aromatic rings. The van der Waals surface area contributed by atoms with E-state index in [4.69, 9.17) is 9.15 Å². The highest BCUT2D eigenvalue weighted by atomic mass is 19.1. The fourth-order valence-electron chi connectivity index (χ4n) is 4.66. The second-order valence-corrected chi connectivity index (χ2v) is 8.92. The van der Waals surface area contributed by atoms with Crippen molar-refractivity contribution in [1.82, 2.24) is 0 Å². The molecule has 0 aliphatic carbocycles. The Bertz CT molecular complexity index is 1660. The van der Waals surface area contributed by atoms with Gasteiger partial charge >= 0.3 is 0 Å². The average Bonchev–Trinajstić information content (AvgIpc) is 3.30. The van der Waals surface area contributed by atoms with Gasteiger partial charge in [0.1, 0.15) is 17.1 Å². The summed E-state index contributed by atoms with van der Waals surface area (Å²) in [6.07, 6.45) is 3.28. The van der Waals surface area contributed by atoms with Crippen LogP contribution in [0.1, 0.15) is 23.6 Å². The average molecular weight is 480 g/mol. The zero-order valence-corrected chi connectivity index (χ0v) is 20.6. The first-order chi connectivity index (χ1) is 17.4. The maximum atomic E-state index is 13.9. The third-order valence-electron chi connectivity index (χ3n) is 6.54. The molecular weight excluding hydrogens is 453 g/mol. The van der Waals surface area contributed by atoms with Crippen LogP contribution in [0.5, 0.6) is 5.75 Å². The van der Waals surface area contributed by atoms with Gasteiger partial charge in [-0.2, -0.15) is 0 Å². The molecular formula is C31H26FNO3. The minimum Gasteiger partial charge on any atom is -0.496 e. The molecule has 4 aromatic carbocycles. The predicted molar refractivity (Wildman–Crippen MR) is 144 cm³/mol. The van der Waals surface area contributed by atoms with Gasteiger partial charge in [0.2, 0.25) is 5.91 Å². The number of carbonyl (C=O) groups is 1. The lowest BCUT2D eigenvalue weighted by Crippen LogP contribution is -2.09. The van der Waals surface area contributed by atoms with Crippen LogP contribution >= 0.6 is 0 Å². The zero-order chi connectivity index (χ0) is 25.4. The van der Waals surface area contributed by atoms with Crippen LogP contribution in [0, 0.1) is 19.7 Å². The Morgan fingerprint density at radius 1 is 0.972 bits per heavy atom. The SMILES string of the molecule is COc1c(/C(C)=C/C(=O)Nc2ccc(C)c(F)c2)cc2c(-c3cccc4ccccc34)coc2c1C. The normalized spacial score (nSPS) is 11.8. The van der Waals surface area contributed by atoms with Crippen molar-refractivity contribution < 1.29 is 18.3 Å². The maximum Gasteiger partial charge on any atom is 0.248 e. The number of nitrogens with one attached hydrogen (secondary N) is 1.